The molecule has 0 saturated heterocycles. The standard InChI is InChI=1S/C17H21N3O2S2/c1-3-9-20-16(22)13-8-10-23-15(13)19-17(20)24-11(2)14(21)18-12-6-4-5-7-12/h3,8,10-12H,1,4-7,9H2,2H3,(H,18,21). The van der Waals surface area contributed by atoms with Gasteiger partial charge in [0.05, 0.1) is 10.6 Å². The summed E-state index contributed by atoms with van der Waals surface area (Å²) in [6.07, 6.45) is 6.16. The molecule has 7 heteroatoms. The summed E-state index contributed by atoms with van der Waals surface area (Å²) in [5.41, 5.74) is -0.0768. The number of rotatable bonds is 6. The van der Waals surface area contributed by atoms with Gasteiger partial charge >= 0.3 is 0 Å². The fourth-order valence-corrected chi connectivity index (χ4v) is 4.64. The van der Waals surface area contributed by atoms with Gasteiger partial charge in [0.1, 0.15) is 4.83 Å². The van der Waals surface area contributed by atoms with Crippen LogP contribution in [0, 0.1) is 0 Å². The number of thioether (sulfide) groups is 1. The molecule has 24 heavy (non-hydrogen) atoms. The lowest BCUT2D eigenvalue weighted by atomic mass is 10.2. The van der Waals surface area contributed by atoms with E-state index in [-0.39, 0.29) is 16.7 Å². The molecule has 0 bridgehead atoms. The maximum atomic E-state index is 12.6. The van der Waals surface area contributed by atoms with E-state index in [1.54, 1.807) is 16.7 Å². The Morgan fingerprint density at radius 3 is 3.04 bits per heavy atom. The predicted octanol–water partition coefficient (Wildman–Crippen LogP) is 3.18. The van der Waals surface area contributed by atoms with Crippen LogP contribution in [0.3, 0.4) is 0 Å². The second-order valence-electron chi connectivity index (χ2n) is 5.99. The molecule has 2 aromatic heterocycles. The van der Waals surface area contributed by atoms with E-state index in [4.69, 9.17) is 0 Å². The Labute approximate surface area is 149 Å². The number of aromatic nitrogens is 2. The molecule has 1 fully saturated rings. The van der Waals surface area contributed by atoms with Gasteiger partial charge in [-0.1, -0.05) is 30.7 Å². The Kier molecular flexibility index (Phi) is 5.40. The van der Waals surface area contributed by atoms with Gasteiger partial charge in [-0.05, 0) is 31.2 Å². The zero-order valence-corrected chi connectivity index (χ0v) is 15.3. The molecule has 1 amide bonds. The Morgan fingerprint density at radius 1 is 1.58 bits per heavy atom. The molecule has 128 valence electrons. The van der Waals surface area contributed by atoms with Gasteiger partial charge in [0.25, 0.3) is 5.56 Å². The van der Waals surface area contributed by atoms with Gasteiger partial charge in [-0.15, -0.1) is 17.9 Å². The van der Waals surface area contributed by atoms with Crippen molar-refractivity contribution >= 4 is 39.2 Å². The minimum Gasteiger partial charge on any atom is -0.352 e. The fourth-order valence-electron chi connectivity index (χ4n) is 2.91. The monoisotopic (exact) mass is 363 g/mol. The molecule has 2 heterocycles. The summed E-state index contributed by atoms with van der Waals surface area (Å²) in [6.45, 7) is 5.96. The molecule has 1 aliphatic rings. The molecule has 1 unspecified atom stereocenters. The number of hydrogen-bond acceptors (Lipinski definition) is 5. The third kappa shape index (κ3) is 3.57. The Balaban J connectivity index is 1.82. The molecule has 0 aromatic carbocycles. The number of fused-ring (bicyclic) bond motifs is 1. The summed E-state index contributed by atoms with van der Waals surface area (Å²) in [4.78, 5) is 30.3. The van der Waals surface area contributed by atoms with Gasteiger partial charge in [-0.2, -0.15) is 0 Å². The second-order valence-corrected chi connectivity index (χ2v) is 8.19. The predicted molar refractivity (Wildman–Crippen MR) is 99.8 cm³/mol. The summed E-state index contributed by atoms with van der Waals surface area (Å²) in [6, 6.07) is 2.09. The molecular formula is C17H21N3O2S2. The Bertz CT molecular complexity index is 806. The lowest BCUT2D eigenvalue weighted by Gasteiger charge is -2.17. The van der Waals surface area contributed by atoms with E-state index in [0.29, 0.717) is 28.0 Å². The van der Waals surface area contributed by atoms with Crippen LogP contribution in [0.4, 0.5) is 0 Å². The van der Waals surface area contributed by atoms with Crippen LogP contribution in [-0.2, 0) is 11.3 Å². The molecule has 1 atom stereocenters. The molecule has 5 nitrogen and oxygen atoms in total. The van der Waals surface area contributed by atoms with Crippen LogP contribution in [0.25, 0.3) is 10.2 Å². The minimum absolute atomic E-state index is 0.0116. The van der Waals surface area contributed by atoms with Crippen molar-refractivity contribution in [1.82, 2.24) is 14.9 Å². The fraction of sp³-hybridized carbons (Fsp3) is 0.471. The first-order valence-corrected chi connectivity index (χ1v) is 9.92. The van der Waals surface area contributed by atoms with Gasteiger partial charge in [0, 0.05) is 12.6 Å². The number of nitrogens with zero attached hydrogens (tertiary/aromatic N) is 2. The van der Waals surface area contributed by atoms with E-state index < -0.39 is 0 Å². The van der Waals surface area contributed by atoms with Crippen molar-refractivity contribution in [3.63, 3.8) is 0 Å². The van der Waals surface area contributed by atoms with Crippen molar-refractivity contribution in [1.29, 1.82) is 0 Å². The molecule has 1 aliphatic carbocycles. The highest BCUT2D eigenvalue weighted by Gasteiger charge is 2.23. The molecular weight excluding hydrogens is 342 g/mol. The van der Waals surface area contributed by atoms with E-state index in [1.807, 2.05) is 12.3 Å². The number of carbonyl (C=O) groups is 1. The highest BCUT2D eigenvalue weighted by atomic mass is 32.2. The summed E-state index contributed by atoms with van der Waals surface area (Å²) < 4.78 is 1.59. The summed E-state index contributed by atoms with van der Waals surface area (Å²) in [7, 11) is 0. The van der Waals surface area contributed by atoms with Crippen molar-refractivity contribution in [2.75, 3.05) is 0 Å². The van der Waals surface area contributed by atoms with E-state index in [0.717, 1.165) is 12.8 Å². The molecule has 3 rings (SSSR count). The van der Waals surface area contributed by atoms with Gasteiger partial charge in [-0.3, -0.25) is 14.2 Å². The third-order valence-corrected chi connectivity index (χ3v) is 6.11. The molecule has 0 spiro atoms. The lowest BCUT2D eigenvalue weighted by Crippen LogP contribution is -2.38. The average molecular weight is 364 g/mol. The van der Waals surface area contributed by atoms with Crippen LogP contribution in [0.2, 0.25) is 0 Å². The van der Waals surface area contributed by atoms with E-state index in [1.165, 1.54) is 35.9 Å². The number of carbonyl (C=O) groups excluding carboxylic acids is 1. The highest BCUT2D eigenvalue weighted by molar-refractivity contribution is 8.00. The number of allylic oxidation sites excluding steroid dienone is 1. The summed E-state index contributed by atoms with van der Waals surface area (Å²) >= 11 is 2.77. The highest BCUT2D eigenvalue weighted by Crippen LogP contribution is 2.25. The maximum Gasteiger partial charge on any atom is 0.263 e. The second kappa shape index (κ2) is 7.53. The first-order chi connectivity index (χ1) is 11.6. The zero-order valence-electron chi connectivity index (χ0n) is 13.7. The smallest absolute Gasteiger partial charge is 0.263 e. The van der Waals surface area contributed by atoms with Crippen LogP contribution in [0.5, 0.6) is 0 Å². The van der Waals surface area contributed by atoms with E-state index in [9.17, 15) is 9.59 Å². The van der Waals surface area contributed by atoms with Crippen LogP contribution in [0.15, 0.2) is 34.1 Å². The van der Waals surface area contributed by atoms with Crippen molar-refractivity contribution in [3.8, 4) is 0 Å². The molecule has 1 saturated carbocycles. The Hall–Kier alpha value is -1.60. The third-order valence-electron chi connectivity index (χ3n) is 4.21. The molecule has 0 radical (unpaired) electrons. The number of hydrogen-bond donors (Lipinski definition) is 1. The van der Waals surface area contributed by atoms with E-state index in [2.05, 4.69) is 16.9 Å². The van der Waals surface area contributed by atoms with Crippen LogP contribution in [-0.4, -0.2) is 26.8 Å². The van der Waals surface area contributed by atoms with Crippen molar-refractivity contribution in [3.05, 3.63) is 34.5 Å². The van der Waals surface area contributed by atoms with Crippen LogP contribution < -0.4 is 10.9 Å². The summed E-state index contributed by atoms with van der Waals surface area (Å²) in [5, 5.41) is 5.86. The molecule has 0 aliphatic heterocycles. The maximum absolute atomic E-state index is 12.6. The number of amides is 1. The number of thiophene rings is 1. The van der Waals surface area contributed by atoms with Crippen molar-refractivity contribution < 1.29 is 4.79 Å². The SMILES string of the molecule is C=CCn1c(SC(C)C(=O)NC2CCCC2)nc2sccc2c1=O. The van der Waals surface area contributed by atoms with Gasteiger partial charge in [0.2, 0.25) is 5.91 Å². The summed E-state index contributed by atoms with van der Waals surface area (Å²) in [5.74, 6) is 0.0116. The quantitative estimate of drug-likeness (QED) is 0.486. The average Bonchev–Trinajstić information content (AvgIpc) is 3.22. The first kappa shape index (κ1) is 17.2. The lowest BCUT2D eigenvalue weighted by molar-refractivity contribution is -0.120. The Morgan fingerprint density at radius 2 is 2.33 bits per heavy atom. The topological polar surface area (TPSA) is 64.0 Å². The van der Waals surface area contributed by atoms with Crippen LogP contribution in [0.1, 0.15) is 32.6 Å². The van der Waals surface area contributed by atoms with Crippen molar-refractivity contribution in [2.45, 2.75) is 55.6 Å². The number of nitrogens with one attached hydrogen (secondary N) is 1. The van der Waals surface area contributed by atoms with E-state index >= 15 is 0 Å². The van der Waals surface area contributed by atoms with Gasteiger partial charge < -0.3 is 5.32 Å². The minimum atomic E-state index is -0.300. The first-order valence-electron chi connectivity index (χ1n) is 8.16. The van der Waals surface area contributed by atoms with Crippen LogP contribution >= 0.6 is 23.1 Å². The zero-order chi connectivity index (χ0) is 17.1. The molecule has 1 N–H and O–H groups in total. The van der Waals surface area contributed by atoms with Crippen molar-refractivity contribution in [2.24, 2.45) is 0 Å². The van der Waals surface area contributed by atoms with Gasteiger partial charge in [-0.25, -0.2) is 4.98 Å². The molecule has 2 aromatic rings. The normalized spacial score (nSPS) is 16.4. The van der Waals surface area contributed by atoms with Gasteiger partial charge in [0.15, 0.2) is 5.16 Å². The largest absolute Gasteiger partial charge is 0.352 e.